The maximum Gasteiger partial charge on any atom is 0.139 e. The summed E-state index contributed by atoms with van der Waals surface area (Å²) < 4.78 is 13.8. The van der Waals surface area contributed by atoms with Crippen LogP contribution in [-0.2, 0) is 0 Å². The zero-order valence-corrected chi connectivity index (χ0v) is 7.28. The van der Waals surface area contributed by atoms with Crippen LogP contribution in [0.15, 0.2) is 0 Å². The Hall–Kier alpha value is -0.150. The molecule has 0 spiro atoms. The maximum absolute atomic E-state index is 13.8. The number of hydrogen-bond acceptors (Lipinski definition) is 2. The summed E-state index contributed by atoms with van der Waals surface area (Å²) in [5.41, 5.74) is -1.02. The third kappa shape index (κ3) is 1.91. The van der Waals surface area contributed by atoms with Crippen LogP contribution in [0, 0.1) is 0 Å². The quantitative estimate of drug-likeness (QED) is 0.634. The SMILES string of the molecule is CCNC(C)C1(F)CCNC1. The average molecular weight is 160 g/mol. The molecule has 2 nitrogen and oxygen atoms in total. The van der Waals surface area contributed by atoms with E-state index in [0.29, 0.717) is 13.0 Å². The van der Waals surface area contributed by atoms with Crippen molar-refractivity contribution < 1.29 is 4.39 Å². The van der Waals surface area contributed by atoms with Crippen molar-refractivity contribution in [2.75, 3.05) is 19.6 Å². The molecule has 2 unspecified atom stereocenters. The molecular formula is C8H17FN2. The van der Waals surface area contributed by atoms with Crippen molar-refractivity contribution in [1.29, 1.82) is 0 Å². The van der Waals surface area contributed by atoms with Crippen molar-refractivity contribution in [3.63, 3.8) is 0 Å². The van der Waals surface area contributed by atoms with E-state index >= 15 is 0 Å². The Morgan fingerprint density at radius 2 is 2.45 bits per heavy atom. The molecule has 0 saturated carbocycles. The summed E-state index contributed by atoms with van der Waals surface area (Å²) in [6.45, 7) is 6.07. The second-order valence-electron chi connectivity index (χ2n) is 3.24. The first-order valence-electron chi connectivity index (χ1n) is 4.32. The highest BCUT2D eigenvalue weighted by atomic mass is 19.1. The van der Waals surface area contributed by atoms with Crippen LogP contribution in [0.1, 0.15) is 20.3 Å². The molecule has 0 amide bonds. The van der Waals surface area contributed by atoms with Gasteiger partial charge in [0.1, 0.15) is 5.67 Å². The van der Waals surface area contributed by atoms with Crippen molar-refractivity contribution >= 4 is 0 Å². The lowest BCUT2D eigenvalue weighted by Crippen LogP contribution is -2.47. The molecule has 0 aromatic rings. The molecular weight excluding hydrogens is 143 g/mol. The Balaban J connectivity index is 2.42. The fourth-order valence-electron chi connectivity index (χ4n) is 1.54. The van der Waals surface area contributed by atoms with Gasteiger partial charge in [0.25, 0.3) is 0 Å². The second-order valence-corrected chi connectivity index (χ2v) is 3.24. The number of alkyl halides is 1. The first-order valence-corrected chi connectivity index (χ1v) is 4.32. The van der Waals surface area contributed by atoms with Gasteiger partial charge in [-0.25, -0.2) is 4.39 Å². The van der Waals surface area contributed by atoms with Gasteiger partial charge in [-0.1, -0.05) is 6.92 Å². The molecule has 0 aliphatic carbocycles. The second kappa shape index (κ2) is 3.50. The van der Waals surface area contributed by atoms with Crippen LogP contribution in [-0.4, -0.2) is 31.3 Å². The van der Waals surface area contributed by atoms with Gasteiger partial charge in [-0.15, -0.1) is 0 Å². The zero-order valence-electron chi connectivity index (χ0n) is 7.28. The van der Waals surface area contributed by atoms with Gasteiger partial charge in [0.2, 0.25) is 0 Å². The number of rotatable bonds is 3. The van der Waals surface area contributed by atoms with Crippen molar-refractivity contribution in [1.82, 2.24) is 10.6 Å². The summed E-state index contributed by atoms with van der Waals surface area (Å²) in [4.78, 5) is 0. The fourth-order valence-corrected chi connectivity index (χ4v) is 1.54. The Kier molecular flexibility index (Phi) is 2.84. The minimum Gasteiger partial charge on any atom is -0.313 e. The van der Waals surface area contributed by atoms with Gasteiger partial charge in [0.15, 0.2) is 0 Å². The molecule has 1 fully saturated rings. The molecule has 1 heterocycles. The van der Waals surface area contributed by atoms with E-state index < -0.39 is 5.67 Å². The minimum absolute atomic E-state index is 0.0255. The zero-order chi connectivity index (χ0) is 8.32. The molecule has 1 saturated heterocycles. The standard InChI is InChI=1S/C8H17FN2/c1-3-11-7(2)8(9)4-5-10-6-8/h7,10-11H,3-6H2,1-2H3. The molecule has 0 radical (unpaired) electrons. The molecule has 1 aliphatic rings. The van der Waals surface area contributed by atoms with Gasteiger partial charge in [-0.2, -0.15) is 0 Å². The first kappa shape index (κ1) is 8.94. The van der Waals surface area contributed by atoms with E-state index in [9.17, 15) is 4.39 Å². The fraction of sp³-hybridized carbons (Fsp3) is 1.00. The Labute approximate surface area is 67.6 Å². The highest BCUT2D eigenvalue weighted by Crippen LogP contribution is 2.23. The Morgan fingerprint density at radius 1 is 1.73 bits per heavy atom. The number of hydrogen-bond donors (Lipinski definition) is 2. The summed E-state index contributed by atoms with van der Waals surface area (Å²) in [5, 5.41) is 6.15. The summed E-state index contributed by atoms with van der Waals surface area (Å²) >= 11 is 0. The van der Waals surface area contributed by atoms with Gasteiger partial charge < -0.3 is 10.6 Å². The molecule has 1 aliphatic heterocycles. The third-order valence-electron chi connectivity index (χ3n) is 2.42. The topological polar surface area (TPSA) is 24.1 Å². The number of nitrogens with one attached hydrogen (secondary N) is 2. The first-order chi connectivity index (χ1) is 5.19. The van der Waals surface area contributed by atoms with Crippen LogP contribution in [0.5, 0.6) is 0 Å². The van der Waals surface area contributed by atoms with Crippen molar-refractivity contribution in [2.45, 2.75) is 32.0 Å². The van der Waals surface area contributed by atoms with Crippen LogP contribution in [0.2, 0.25) is 0 Å². The molecule has 11 heavy (non-hydrogen) atoms. The van der Waals surface area contributed by atoms with E-state index in [1.165, 1.54) is 0 Å². The lowest BCUT2D eigenvalue weighted by Gasteiger charge is -2.26. The monoisotopic (exact) mass is 160 g/mol. The predicted octanol–water partition coefficient (Wildman–Crippen LogP) is 0.686. The van der Waals surface area contributed by atoms with E-state index in [2.05, 4.69) is 10.6 Å². The van der Waals surface area contributed by atoms with Crippen molar-refractivity contribution in [3.05, 3.63) is 0 Å². The van der Waals surface area contributed by atoms with Crippen molar-refractivity contribution in [3.8, 4) is 0 Å². The van der Waals surface area contributed by atoms with Gasteiger partial charge in [-0.3, -0.25) is 0 Å². The van der Waals surface area contributed by atoms with Crippen LogP contribution in [0.25, 0.3) is 0 Å². The summed E-state index contributed by atoms with van der Waals surface area (Å²) in [6, 6.07) is -0.0255. The largest absolute Gasteiger partial charge is 0.313 e. The molecule has 0 aromatic heterocycles. The van der Waals surface area contributed by atoms with Gasteiger partial charge >= 0.3 is 0 Å². The van der Waals surface area contributed by atoms with Gasteiger partial charge in [0.05, 0.1) is 0 Å². The van der Waals surface area contributed by atoms with E-state index in [-0.39, 0.29) is 6.04 Å². The third-order valence-corrected chi connectivity index (χ3v) is 2.42. The summed E-state index contributed by atoms with van der Waals surface area (Å²) in [6.07, 6.45) is 0.640. The maximum atomic E-state index is 13.8. The molecule has 2 N–H and O–H groups in total. The van der Waals surface area contributed by atoms with Crippen LogP contribution >= 0.6 is 0 Å². The molecule has 1 rings (SSSR count). The minimum atomic E-state index is -1.02. The van der Waals surface area contributed by atoms with Crippen molar-refractivity contribution in [2.24, 2.45) is 0 Å². The lowest BCUT2D eigenvalue weighted by atomic mass is 9.97. The smallest absolute Gasteiger partial charge is 0.139 e. The van der Waals surface area contributed by atoms with Gasteiger partial charge in [0, 0.05) is 12.6 Å². The van der Waals surface area contributed by atoms with Crippen LogP contribution in [0.4, 0.5) is 4.39 Å². The van der Waals surface area contributed by atoms with Crippen LogP contribution < -0.4 is 10.6 Å². The molecule has 0 bridgehead atoms. The van der Waals surface area contributed by atoms with Gasteiger partial charge in [-0.05, 0) is 26.4 Å². The predicted molar refractivity (Wildman–Crippen MR) is 44.5 cm³/mol. The highest BCUT2D eigenvalue weighted by Gasteiger charge is 2.38. The summed E-state index contributed by atoms with van der Waals surface area (Å²) in [7, 11) is 0. The van der Waals surface area contributed by atoms with E-state index in [1.54, 1.807) is 0 Å². The molecule has 0 aromatic carbocycles. The Morgan fingerprint density at radius 3 is 2.91 bits per heavy atom. The Bertz CT molecular complexity index is 121. The molecule has 2 atom stereocenters. The van der Waals surface area contributed by atoms with E-state index in [0.717, 1.165) is 13.1 Å². The number of halogens is 1. The summed E-state index contributed by atoms with van der Waals surface area (Å²) in [5.74, 6) is 0. The highest BCUT2D eigenvalue weighted by molar-refractivity contribution is 4.95. The molecule has 3 heteroatoms. The lowest BCUT2D eigenvalue weighted by molar-refractivity contribution is 0.137. The van der Waals surface area contributed by atoms with Crippen LogP contribution in [0.3, 0.4) is 0 Å². The average Bonchev–Trinajstić information content (AvgIpc) is 2.38. The normalized spacial score (nSPS) is 34.1. The molecule has 66 valence electrons. The van der Waals surface area contributed by atoms with E-state index in [4.69, 9.17) is 0 Å². The van der Waals surface area contributed by atoms with E-state index in [1.807, 2.05) is 13.8 Å².